The van der Waals surface area contributed by atoms with Gasteiger partial charge >= 0.3 is 0 Å². The van der Waals surface area contributed by atoms with E-state index in [1.807, 2.05) is 5.06 Å². The molecule has 26 heavy (non-hydrogen) atoms. The van der Waals surface area contributed by atoms with Gasteiger partial charge in [-0.1, -0.05) is 0 Å². The van der Waals surface area contributed by atoms with Gasteiger partial charge in [0.15, 0.2) is 5.60 Å². The van der Waals surface area contributed by atoms with Gasteiger partial charge in [-0.15, -0.1) is 0 Å². The van der Waals surface area contributed by atoms with Crippen molar-refractivity contribution in [1.82, 2.24) is 15.7 Å². The van der Waals surface area contributed by atoms with Crippen LogP contribution in [0.3, 0.4) is 0 Å². The fourth-order valence-electron chi connectivity index (χ4n) is 6.57. The molecule has 0 aromatic rings. The second-order valence-electron chi connectivity index (χ2n) is 11.2. The van der Waals surface area contributed by atoms with E-state index in [-0.39, 0.29) is 28.1 Å². The molecule has 3 aliphatic heterocycles. The van der Waals surface area contributed by atoms with Crippen LogP contribution >= 0.6 is 0 Å². The summed E-state index contributed by atoms with van der Waals surface area (Å²) in [7, 11) is 1.72. The van der Waals surface area contributed by atoms with Crippen molar-refractivity contribution in [2.75, 3.05) is 7.11 Å². The van der Waals surface area contributed by atoms with Crippen molar-refractivity contribution < 1.29 is 14.4 Å². The van der Waals surface area contributed by atoms with Crippen LogP contribution in [0.1, 0.15) is 81.1 Å². The molecule has 0 aromatic carbocycles. The van der Waals surface area contributed by atoms with E-state index >= 15 is 0 Å². The molecule has 2 spiro atoms. The number of amides is 1. The standard InChI is InChI=1S/C20H37N3O3/c1-15(2)10-19(11-16(3,4)22-15)14(24)21-20(26-19)12-17(5,6)23(25-9)18(7,8)13-20/h22H,10-13H2,1-9H3,(H,21,24). The first-order valence-corrected chi connectivity index (χ1v) is 9.73. The minimum absolute atomic E-state index is 0.0395. The van der Waals surface area contributed by atoms with Crippen LogP contribution in [0.5, 0.6) is 0 Å². The van der Waals surface area contributed by atoms with Crippen molar-refractivity contribution in [2.45, 2.75) is 115 Å². The number of hydroxylamine groups is 2. The van der Waals surface area contributed by atoms with Crippen LogP contribution in [0.25, 0.3) is 0 Å². The third-order valence-electron chi connectivity index (χ3n) is 6.00. The number of hydrogen-bond donors (Lipinski definition) is 2. The van der Waals surface area contributed by atoms with Crippen molar-refractivity contribution in [3.05, 3.63) is 0 Å². The summed E-state index contributed by atoms with van der Waals surface area (Å²) in [4.78, 5) is 19.0. The topological polar surface area (TPSA) is 62.8 Å². The lowest BCUT2D eigenvalue weighted by Crippen LogP contribution is -2.68. The first-order valence-electron chi connectivity index (χ1n) is 9.73. The lowest BCUT2D eigenvalue weighted by atomic mass is 9.72. The number of nitrogens with one attached hydrogen (secondary N) is 2. The van der Waals surface area contributed by atoms with Crippen molar-refractivity contribution in [3.63, 3.8) is 0 Å². The number of carbonyl (C=O) groups is 1. The zero-order valence-corrected chi connectivity index (χ0v) is 18.0. The number of hydrogen-bond acceptors (Lipinski definition) is 5. The van der Waals surface area contributed by atoms with Gasteiger partial charge in [0.1, 0.15) is 5.72 Å². The van der Waals surface area contributed by atoms with Crippen LogP contribution in [-0.2, 0) is 14.4 Å². The van der Waals surface area contributed by atoms with Gasteiger partial charge in [0.05, 0.1) is 7.11 Å². The summed E-state index contributed by atoms with van der Waals surface area (Å²) in [5.74, 6) is 0.0395. The molecule has 0 aliphatic carbocycles. The second kappa shape index (κ2) is 5.43. The van der Waals surface area contributed by atoms with Gasteiger partial charge < -0.3 is 20.2 Å². The van der Waals surface area contributed by atoms with Gasteiger partial charge in [-0.05, 0) is 55.4 Å². The van der Waals surface area contributed by atoms with Crippen LogP contribution in [0.2, 0.25) is 0 Å². The summed E-state index contributed by atoms with van der Waals surface area (Å²) in [6.07, 6.45) is 2.73. The molecule has 0 bridgehead atoms. The Morgan fingerprint density at radius 2 is 1.35 bits per heavy atom. The maximum Gasteiger partial charge on any atom is 0.254 e. The summed E-state index contributed by atoms with van der Waals surface area (Å²) in [5, 5.41) is 8.99. The summed E-state index contributed by atoms with van der Waals surface area (Å²) in [5.41, 5.74) is -2.27. The van der Waals surface area contributed by atoms with Gasteiger partial charge in [0, 0.05) is 47.8 Å². The minimum Gasteiger partial charge on any atom is -0.339 e. The Bertz CT molecular complexity index is 575. The molecule has 1 amide bonds. The fourth-order valence-corrected chi connectivity index (χ4v) is 6.57. The zero-order valence-electron chi connectivity index (χ0n) is 18.0. The highest BCUT2D eigenvalue weighted by Gasteiger charge is 2.65. The molecule has 0 atom stereocenters. The molecule has 3 aliphatic rings. The van der Waals surface area contributed by atoms with Crippen molar-refractivity contribution in [2.24, 2.45) is 0 Å². The summed E-state index contributed by atoms with van der Waals surface area (Å²) < 4.78 is 6.78. The predicted octanol–water partition coefficient (Wildman–Crippen LogP) is 2.72. The Balaban J connectivity index is 1.97. The van der Waals surface area contributed by atoms with Crippen molar-refractivity contribution in [1.29, 1.82) is 0 Å². The molecular weight excluding hydrogens is 330 g/mol. The SMILES string of the molecule is CON1C(C)(C)CC2(CC1(C)C)NC(=O)C1(CC(C)(C)NC(C)(C)C1)O2. The molecule has 0 saturated carbocycles. The molecular formula is C20H37N3O3. The van der Waals surface area contributed by atoms with Gasteiger partial charge in [-0.2, -0.15) is 5.06 Å². The van der Waals surface area contributed by atoms with Crippen LogP contribution in [0.4, 0.5) is 0 Å². The van der Waals surface area contributed by atoms with E-state index in [0.717, 1.165) is 0 Å². The molecule has 0 aromatic heterocycles. The molecule has 3 heterocycles. The monoisotopic (exact) mass is 367 g/mol. The lowest BCUT2D eigenvalue weighted by Gasteiger charge is -2.57. The van der Waals surface area contributed by atoms with Gasteiger partial charge in [-0.3, -0.25) is 4.79 Å². The number of nitrogens with zero attached hydrogens (tertiary/aromatic N) is 1. The maximum atomic E-state index is 13.3. The highest BCUT2D eigenvalue weighted by molar-refractivity contribution is 5.88. The molecule has 3 rings (SSSR count). The summed E-state index contributed by atoms with van der Waals surface area (Å²) >= 11 is 0. The van der Waals surface area contributed by atoms with E-state index in [1.165, 1.54) is 0 Å². The third-order valence-corrected chi connectivity index (χ3v) is 6.00. The Morgan fingerprint density at radius 3 is 1.77 bits per heavy atom. The smallest absolute Gasteiger partial charge is 0.254 e. The van der Waals surface area contributed by atoms with E-state index in [2.05, 4.69) is 66.0 Å². The molecule has 6 nitrogen and oxygen atoms in total. The number of ether oxygens (including phenoxy) is 1. The van der Waals surface area contributed by atoms with Crippen LogP contribution in [0, 0.1) is 0 Å². The average Bonchev–Trinajstić information content (AvgIpc) is 2.52. The first-order chi connectivity index (χ1) is 11.6. The Labute approximate surface area is 158 Å². The second-order valence-corrected chi connectivity index (χ2v) is 11.2. The van der Waals surface area contributed by atoms with Crippen LogP contribution in [0.15, 0.2) is 0 Å². The Hall–Kier alpha value is -0.690. The van der Waals surface area contributed by atoms with Crippen LogP contribution in [-0.4, -0.2) is 51.6 Å². The van der Waals surface area contributed by atoms with Crippen molar-refractivity contribution >= 4 is 5.91 Å². The molecule has 150 valence electrons. The quantitative estimate of drug-likeness (QED) is 0.746. The lowest BCUT2D eigenvalue weighted by molar-refractivity contribution is -0.304. The normalized spacial score (nSPS) is 33.3. The maximum absolute atomic E-state index is 13.3. The first kappa shape index (κ1) is 20.1. The van der Waals surface area contributed by atoms with E-state index in [4.69, 9.17) is 9.57 Å². The molecule has 3 fully saturated rings. The van der Waals surface area contributed by atoms with Gasteiger partial charge in [0.2, 0.25) is 0 Å². The highest BCUT2D eigenvalue weighted by atomic mass is 16.7. The van der Waals surface area contributed by atoms with E-state index in [0.29, 0.717) is 25.7 Å². The van der Waals surface area contributed by atoms with Gasteiger partial charge in [0.25, 0.3) is 5.91 Å². The third kappa shape index (κ3) is 3.19. The van der Waals surface area contributed by atoms with E-state index in [9.17, 15) is 4.79 Å². The number of carbonyl (C=O) groups excluding carboxylic acids is 1. The van der Waals surface area contributed by atoms with Gasteiger partial charge in [-0.25, -0.2) is 0 Å². The zero-order chi connectivity index (χ0) is 19.8. The van der Waals surface area contributed by atoms with Crippen LogP contribution < -0.4 is 10.6 Å². The van der Waals surface area contributed by atoms with E-state index in [1.54, 1.807) is 7.11 Å². The largest absolute Gasteiger partial charge is 0.339 e. The molecule has 0 unspecified atom stereocenters. The number of rotatable bonds is 1. The Kier molecular flexibility index (Phi) is 4.19. The molecule has 0 radical (unpaired) electrons. The average molecular weight is 368 g/mol. The summed E-state index contributed by atoms with van der Waals surface area (Å²) in [6.45, 7) is 17.2. The van der Waals surface area contributed by atoms with E-state index < -0.39 is 11.3 Å². The number of piperidine rings is 2. The molecule has 6 heteroatoms. The minimum atomic E-state index is -0.778. The fraction of sp³-hybridized carbons (Fsp3) is 0.950. The predicted molar refractivity (Wildman–Crippen MR) is 101 cm³/mol. The molecule has 3 saturated heterocycles. The van der Waals surface area contributed by atoms with Crippen molar-refractivity contribution in [3.8, 4) is 0 Å². The summed E-state index contributed by atoms with van der Waals surface area (Å²) in [6, 6.07) is 0. The molecule has 2 N–H and O–H groups in total. The Morgan fingerprint density at radius 1 is 0.885 bits per heavy atom. The highest BCUT2D eigenvalue weighted by Crippen LogP contribution is 2.51.